The topological polar surface area (TPSA) is 115 Å². The normalized spacial score (nSPS) is 10.6. The Morgan fingerprint density at radius 1 is 1.53 bits per heavy atom. The number of carbonyl (C=O) groups excluding carboxylic acids is 1. The lowest BCUT2D eigenvalue weighted by Crippen LogP contribution is -2.29. The molecule has 0 bridgehead atoms. The second kappa shape index (κ2) is 6.64. The molecular formula is C11H17N7O. The molecule has 0 aliphatic rings. The van der Waals surface area contributed by atoms with Crippen LogP contribution in [-0.2, 0) is 24.3 Å². The standard InChI is InChI=1S/C11H17N7O/c12-6-9-7-18(17-16-9)8-11(19)15-3-1-2-10-13-4-5-14-10/h4-5,7H,1-3,6,8,12H2,(H,13,14)(H,15,19). The highest BCUT2D eigenvalue weighted by Gasteiger charge is 2.05. The van der Waals surface area contributed by atoms with Crippen LogP contribution < -0.4 is 11.1 Å². The van der Waals surface area contributed by atoms with Crippen LogP contribution in [0, 0.1) is 0 Å². The molecule has 0 atom stereocenters. The van der Waals surface area contributed by atoms with E-state index in [9.17, 15) is 4.79 Å². The van der Waals surface area contributed by atoms with Gasteiger partial charge in [-0.3, -0.25) is 4.79 Å². The van der Waals surface area contributed by atoms with E-state index in [1.54, 1.807) is 18.6 Å². The molecule has 2 aromatic rings. The minimum absolute atomic E-state index is 0.0899. The molecule has 0 aliphatic carbocycles. The van der Waals surface area contributed by atoms with Crippen molar-refractivity contribution in [3.05, 3.63) is 30.1 Å². The van der Waals surface area contributed by atoms with Gasteiger partial charge >= 0.3 is 0 Å². The van der Waals surface area contributed by atoms with Crippen molar-refractivity contribution in [3.63, 3.8) is 0 Å². The average Bonchev–Trinajstić information content (AvgIpc) is 3.05. The molecule has 0 fully saturated rings. The highest BCUT2D eigenvalue weighted by atomic mass is 16.2. The summed E-state index contributed by atoms with van der Waals surface area (Å²) in [6.07, 6.45) is 6.82. The molecule has 102 valence electrons. The zero-order chi connectivity index (χ0) is 13.5. The van der Waals surface area contributed by atoms with Gasteiger partial charge in [0.2, 0.25) is 5.91 Å². The van der Waals surface area contributed by atoms with E-state index in [-0.39, 0.29) is 12.5 Å². The largest absolute Gasteiger partial charge is 0.354 e. The van der Waals surface area contributed by atoms with Crippen LogP contribution >= 0.6 is 0 Å². The first kappa shape index (κ1) is 13.2. The second-order valence-electron chi connectivity index (χ2n) is 4.10. The number of nitrogens with two attached hydrogens (primary N) is 1. The smallest absolute Gasteiger partial charge is 0.241 e. The van der Waals surface area contributed by atoms with Gasteiger partial charge in [0, 0.05) is 31.9 Å². The Morgan fingerprint density at radius 3 is 3.11 bits per heavy atom. The molecule has 0 saturated heterocycles. The summed E-state index contributed by atoms with van der Waals surface area (Å²) in [6.45, 7) is 1.09. The molecule has 0 unspecified atom stereocenters. The summed E-state index contributed by atoms with van der Waals surface area (Å²) in [5, 5.41) is 10.4. The van der Waals surface area contributed by atoms with Crippen molar-refractivity contribution in [3.8, 4) is 0 Å². The predicted octanol–water partition coefficient (Wildman–Crippen LogP) is -0.791. The van der Waals surface area contributed by atoms with Gasteiger partial charge < -0.3 is 16.0 Å². The summed E-state index contributed by atoms with van der Waals surface area (Å²) in [6, 6.07) is 0. The van der Waals surface area contributed by atoms with Crippen molar-refractivity contribution in [2.45, 2.75) is 25.9 Å². The van der Waals surface area contributed by atoms with Crippen LogP contribution in [0.1, 0.15) is 17.9 Å². The van der Waals surface area contributed by atoms with Crippen molar-refractivity contribution in [1.29, 1.82) is 0 Å². The van der Waals surface area contributed by atoms with Gasteiger partial charge in [0.25, 0.3) is 0 Å². The molecule has 0 saturated carbocycles. The van der Waals surface area contributed by atoms with Crippen LogP contribution in [0.5, 0.6) is 0 Å². The van der Waals surface area contributed by atoms with E-state index in [0.29, 0.717) is 18.8 Å². The lowest BCUT2D eigenvalue weighted by molar-refractivity contribution is -0.121. The summed E-state index contributed by atoms with van der Waals surface area (Å²) < 4.78 is 1.48. The minimum atomic E-state index is -0.0899. The number of nitrogens with one attached hydrogen (secondary N) is 2. The molecule has 2 rings (SSSR count). The molecule has 8 nitrogen and oxygen atoms in total. The first-order chi connectivity index (χ1) is 9.28. The first-order valence-corrected chi connectivity index (χ1v) is 6.12. The maximum atomic E-state index is 11.6. The molecule has 0 spiro atoms. The highest BCUT2D eigenvalue weighted by molar-refractivity contribution is 5.75. The second-order valence-corrected chi connectivity index (χ2v) is 4.10. The first-order valence-electron chi connectivity index (χ1n) is 6.12. The number of rotatable bonds is 7. The van der Waals surface area contributed by atoms with E-state index in [1.807, 2.05) is 0 Å². The fourth-order valence-corrected chi connectivity index (χ4v) is 1.63. The summed E-state index contributed by atoms with van der Waals surface area (Å²) >= 11 is 0. The van der Waals surface area contributed by atoms with E-state index >= 15 is 0 Å². The Balaban J connectivity index is 1.64. The van der Waals surface area contributed by atoms with E-state index in [2.05, 4.69) is 25.6 Å². The monoisotopic (exact) mass is 263 g/mol. The third-order valence-corrected chi connectivity index (χ3v) is 2.57. The molecule has 19 heavy (non-hydrogen) atoms. The van der Waals surface area contributed by atoms with Crippen LogP contribution in [0.15, 0.2) is 18.6 Å². The zero-order valence-electron chi connectivity index (χ0n) is 10.5. The number of nitrogens with zero attached hydrogens (tertiary/aromatic N) is 4. The summed E-state index contributed by atoms with van der Waals surface area (Å²) in [4.78, 5) is 18.7. The number of H-pyrrole nitrogens is 1. The molecule has 0 radical (unpaired) electrons. The van der Waals surface area contributed by atoms with Gasteiger partial charge in [-0.15, -0.1) is 5.10 Å². The number of imidazole rings is 1. The van der Waals surface area contributed by atoms with E-state index in [4.69, 9.17) is 5.73 Å². The minimum Gasteiger partial charge on any atom is -0.354 e. The Morgan fingerprint density at radius 2 is 2.42 bits per heavy atom. The van der Waals surface area contributed by atoms with Crippen molar-refractivity contribution >= 4 is 5.91 Å². The quantitative estimate of drug-likeness (QED) is 0.566. The maximum Gasteiger partial charge on any atom is 0.241 e. The predicted molar refractivity (Wildman–Crippen MR) is 67.8 cm³/mol. The van der Waals surface area contributed by atoms with Gasteiger partial charge in [-0.05, 0) is 6.42 Å². The summed E-state index contributed by atoms with van der Waals surface area (Å²) in [5.74, 6) is 0.839. The zero-order valence-corrected chi connectivity index (χ0v) is 10.5. The lowest BCUT2D eigenvalue weighted by Gasteiger charge is -2.04. The van der Waals surface area contributed by atoms with Gasteiger partial charge in [0.15, 0.2) is 0 Å². The van der Waals surface area contributed by atoms with Gasteiger partial charge in [0.05, 0.1) is 11.9 Å². The van der Waals surface area contributed by atoms with E-state index < -0.39 is 0 Å². The van der Waals surface area contributed by atoms with Gasteiger partial charge in [-0.1, -0.05) is 5.21 Å². The van der Waals surface area contributed by atoms with E-state index in [1.165, 1.54) is 4.68 Å². The van der Waals surface area contributed by atoms with Crippen molar-refractivity contribution in [2.75, 3.05) is 6.54 Å². The molecule has 2 aromatic heterocycles. The number of hydrogen-bond donors (Lipinski definition) is 3. The van der Waals surface area contributed by atoms with Crippen LogP contribution in [0.2, 0.25) is 0 Å². The third kappa shape index (κ3) is 4.18. The molecular weight excluding hydrogens is 246 g/mol. The van der Waals surface area contributed by atoms with Crippen LogP contribution in [0.3, 0.4) is 0 Å². The Kier molecular flexibility index (Phi) is 4.62. The average molecular weight is 263 g/mol. The van der Waals surface area contributed by atoms with Gasteiger partial charge in [-0.2, -0.15) is 0 Å². The van der Waals surface area contributed by atoms with Crippen molar-refractivity contribution < 1.29 is 4.79 Å². The van der Waals surface area contributed by atoms with Gasteiger partial charge in [0.1, 0.15) is 12.4 Å². The molecule has 0 aliphatic heterocycles. The van der Waals surface area contributed by atoms with Crippen LogP contribution in [0.25, 0.3) is 0 Å². The molecule has 8 heteroatoms. The third-order valence-electron chi connectivity index (χ3n) is 2.57. The summed E-state index contributed by atoms with van der Waals surface area (Å²) in [5.41, 5.74) is 6.09. The number of aromatic amines is 1. The molecule has 1 amide bonds. The number of amides is 1. The number of aryl methyl sites for hydroxylation is 1. The lowest BCUT2D eigenvalue weighted by atomic mass is 10.3. The number of carbonyl (C=O) groups is 1. The number of aromatic nitrogens is 5. The SMILES string of the molecule is NCc1cn(CC(=O)NCCCc2ncc[nH]2)nn1. The fraction of sp³-hybridized carbons (Fsp3) is 0.455. The Bertz CT molecular complexity index is 505. The number of hydrogen-bond acceptors (Lipinski definition) is 5. The Hall–Kier alpha value is -2.22. The van der Waals surface area contributed by atoms with Crippen LogP contribution in [-0.4, -0.2) is 37.4 Å². The molecule has 0 aromatic carbocycles. The fourth-order valence-electron chi connectivity index (χ4n) is 1.63. The molecule has 4 N–H and O–H groups in total. The van der Waals surface area contributed by atoms with E-state index in [0.717, 1.165) is 18.7 Å². The summed E-state index contributed by atoms with van der Waals surface area (Å²) in [7, 11) is 0. The Labute approximate surface area is 110 Å². The molecule has 2 heterocycles. The van der Waals surface area contributed by atoms with Gasteiger partial charge in [-0.25, -0.2) is 9.67 Å². The maximum absolute atomic E-state index is 11.6. The van der Waals surface area contributed by atoms with Crippen molar-refractivity contribution in [2.24, 2.45) is 5.73 Å². The van der Waals surface area contributed by atoms with Crippen LogP contribution in [0.4, 0.5) is 0 Å². The van der Waals surface area contributed by atoms with Crippen molar-refractivity contribution in [1.82, 2.24) is 30.3 Å². The highest BCUT2D eigenvalue weighted by Crippen LogP contribution is 1.94.